The molecule has 1 fully saturated rings. The summed E-state index contributed by atoms with van der Waals surface area (Å²) in [5.41, 5.74) is 1.35. The van der Waals surface area contributed by atoms with Crippen LogP contribution in [0, 0.1) is 0 Å². The van der Waals surface area contributed by atoms with Gasteiger partial charge in [0.2, 0.25) is 0 Å². The van der Waals surface area contributed by atoms with Gasteiger partial charge in [-0.15, -0.1) is 0 Å². The Balaban J connectivity index is 1.84. The molecule has 1 saturated heterocycles. The Morgan fingerprint density at radius 3 is 2.89 bits per heavy atom. The Morgan fingerprint density at radius 2 is 2.16 bits per heavy atom. The van der Waals surface area contributed by atoms with Gasteiger partial charge in [-0.2, -0.15) is 0 Å². The molecular formula is C17H27NO. The van der Waals surface area contributed by atoms with Gasteiger partial charge in [0.05, 0.1) is 6.61 Å². The zero-order valence-electron chi connectivity index (χ0n) is 12.3. The maximum absolute atomic E-state index is 6.02. The first-order valence-corrected chi connectivity index (χ1v) is 7.76. The van der Waals surface area contributed by atoms with Crippen LogP contribution in [0.3, 0.4) is 0 Å². The van der Waals surface area contributed by atoms with Gasteiger partial charge in [0.15, 0.2) is 0 Å². The summed E-state index contributed by atoms with van der Waals surface area (Å²) in [7, 11) is 0. The van der Waals surface area contributed by atoms with Crippen molar-refractivity contribution in [2.45, 2.75) is 57.9 Å². The van der Waals surface area contributed by atoms with E-state index in [9.17, 15) is 0 Å². The summed E-state index contributed by atoms with van der Waals surface area (Å²) in [6, 6.07) is 9.14. The van der Waals surface area contributed by atoms with Crippen molar-refractivity contribution in [3.8, 4) is 5.75 Å². The molecule has 2 nitrogen and oxygen atoms in total. The number of rotatable bonds is 6. The van der Waals surface area contributed by atoms with Crippen molar-refractivity contribution in [2.24, 2.45) is 0 Å². The molecular weight excluding hydrogens is 234 g/mol. The number of para-hydroxylation sites is 1. The Hall–Kier alpha value is -1.02. The van der Waals surface area contributed by atoms with Crippen LogP contribution in [0.1, 0.15) is 57.4 Å². The highest BCUT2D eigenvalue weighted by molar-refractivity contribution is 5.35. The molecule has 0 saturated carbocycles. The van der Waals surface area contributed by atoms with Gasteiger partial charge in [0.25, 0.3) is 0 Å². The van der Waals surface area contributed by atoms with Crippen molar-refractivity contribution in [2.75, 3.05) is 13.2 Å². The van der Waals surface area contributed by atoms with E-state index in [0.717, 1.165) is 25.2 Å². The van der Waals surface area contributed by atoms with Gasteiger partial charge in [0, 0.05) is 6.04 Å². The summed E-state index contributed by atoms with van der Waals surface area (Å²) in [6.07, 6.45) is 6.27. The van der Waals surface area contributed by atoms with Crippen LogP contribution in [0.5, 0.6) is 5.75 Å². The SMILES string of the molecule is CC[C@@H](C)c1ccccc1OCC[C@H]1CCCCN1. The van der Waals surface area contributed by atoms with Crippen LogP contribution in [0.25, 0.3) is 0 Å². The fourth-order valence-electron chi connectivity index (χ4n) is 2.72. The Bertz CT molecular complexity index is 371. The third-order valence-electron chi connectivity index (χ3n) is 4.20. The van der Waals surface area contributed by atoms with Crippen LogP contribution in [0.15, 0.2) is 24.3 Å². The van der Waals surface area contributed by atoms with Crippen LogP contribution in [-0.4, -0.2) is 19.2 Å². The fraction of sp³-hybridized carbons (Fsp3) is 0.647. The zero-order valence-corrected chi connectivity index (χ0v) is 12.3. The summed E-state index contributed by atoms with van der Waals surface area (Å²) >= 11 is 0. The Labute approximate surface area is 117 Å². The number of hydrogen-bond acceptors (Lipinski definition) is 2. The highest BCUT2D eigenvalue weighted by Crippen LogP contribution is 2.28. The molecule has 0 spiro atoms. The number of nitrogens with one attached hydrogen (secondary N) is 1. The monoisotopic (exact) mass is 261 g/mol. The molecule has 19 heavy (non-hydrogen) atoms. The summed E-state index contributed by atoms with van der Waals surface area (Å²) in [4.78, 5) is 0. The minimum absolute atomic E-state index is 0.573. The lowest BCUT2D eigenvalue weighted by atomic mass is 9.98. The van der Waals surface area contributed by atoms with Crippen molar-refractivity contribution in [3.63, 3.8) is 0 Å². The lowest BCUT2D eigenvalue weighted by molar-refractivity contribution is 0.265. The average Bonchev–Trinajstić information content (AvgIpc) is 2.48. The van der Waals surface area contributed by atoms with Gasteiger partial charge in [-0.3, -0.25) is 0 Å². The highest BCUT2D eigenvalue weighted by atomic mass is 16.5. The van der Waals surface area contributed by atoms with Gasteiger partial charge in [-0.05, 0) is 49.8 Å². The van der Waals surface area contributed by atoms with Crippen LogP contribution >= 0.6 is 0 Å². The summed E-state index contributed by atoms with van der Waals surface area (Å²) in [6.45, 7) is 6.50. The number of ether oxygens (including phenoxy) is 1. The Kier molecular flexibility index (Phi) is 5.71. The predicted molar refractivity (Wildman–Crippen MR) is 80.9 cm³/mol. The molecule has 1 aromatic rings. The molecule has 0 bridgehead atoms. The highest BCUT2D eigenvalue weighted by Gasteiger charge is 2.13. The Morgan fingerprint density at radius 1 is 1.32 bits per heavy atom. The largest absolute Gasteiger partial charge is 0.493 e. The molecule has 106 valence electrons. The summed E-state index contributed by atoms with van der Waals surface area (Å²) in [5, 5.41) is 3.57. The number of hydrogen-bond donors (Lipinski definition) is 1. The minimum Gasteiger partial charge on any atom is -0.493 e. The van der Waals surface area contributed by atoms with Crippen molar-refractivity contribution in [3.05, 3.63) is 29.8 Å². The molecule has 1 heterocycles. The maximum Gasteiger partial charge on any atom is 0.122 e. The summed E-state index contributed by atoms with van der Waals surface area (Å²) in [5.74, 6) is 1.65. The number of piperidine rings is 1. The second-order valence-corrected chi connectivity index (χ2v) is 5.63. The van der Waals surface area contributed by atoms with Gasteiger partial charge in [0.1, 0.15) is 5.75 Å². The molecule has 2 heteroatoms. The normalized spacial score (nSPS) is 21.1. The third-order valence-corrected chi connectivity index (χ3v) is 4.20. The molecule has 1 aliphatic heterocycles. The van der Waals surface area contributed by atoms with Crippen LogP contribution in [0.2, 0.25) is 0 Å². The van der Waals surface area contributed by atoms with E-state index in [4.69, 9.17) is 4.74 Å². The van der Waals surface area contributed by atoms with E-state index in [0.29, 0.717) is 12.0 Å². The second kappa shape index (κ2) is 7.54. The zero-order chi connectivity index (χ0) is 13.5. The third kappa shape index (κ3) is 4.24. The first kappa shape index (κ1) is 14.4. The average molecular weight is 261 g/mol. The van der Waals surface area contributed by atoms with Crippen molar-refractivity contribution in [1.29, 1.82) is 0 Å². The minimum atomic E-state index is 0.573. The van der Waals surface area contributed by atoms with Crippen LogP contribution in [0.4, 0.5) is 0 Å². The lowest BCUT2D eigenvalue weighted by Gasteiger charge is -2.24. The van der Waals surface area contributed by atoms with Gasteiger partial charge >= 0.3 is 0 Å². The fourth-order valence-corrected chi connectivity index (χ4v) is 2.72. The van der Waals surface area contributed by atoms with Crippen molar-refractivity contribution >= 4 is 0 Å². The predicted octanol–water partition coefficient (Wildman–Crippen LogP) is 4.11. The lowest BCUT2D eigenvalue weighted by Crippen LogP contribution is -2.35. The van der Waals surface area contributed by atoms with Crippen LogP contribution < -0.4 is 10.1 Å². The molecule has 1 N–H and O–H groups in total. The molecule has 0 unspecified atom stereocenters. The van der Waals surface area contributed by atoms with E-state index in [1.54, 1.807) is 0 Å². The van der Waals surface area contributed by atoms with E-state index in [1.165, 1.54) is 31.4 Å². The molecule has 0 radical (unpaired) electrons. The quantitative estimate of drug-likeness (QED) is 0.832. The van der Waals surface area contributed by atoms with Crippen molar-refractivity contribution in [1.82, 2.24) is 5.32 Å². The molecule has 0 aromatic heterocycles. The molecule has 0 amide bonds. The first-order valence-electron chi connectivity index (χ1n) is 7.76. The number of benzene rings is 1. The van der Waals surface area contributed by atoms with Gasteiger partial charge in [-0.25, -0.2) is 0 Å². The molecule has 2 rings (SSSR count). The molecule has 1 aliphatic rings. The van der Waals surface area contributed by atoms with E-state index in [-0.39, 0.29) is 0 Å². The molecule has 2 atom stereocenters. The van der Waals surface area contributed by atoms with Gasteiger partial charge < -0.3 is 10.1 Å². The van der Waals surface area contributed by atoms with E-state index >= 15 is 0 Å². The maximum atomic E-state index is 6.02. The second-order valence-electron chi connectivity index (χ2n) is 5.63. The van der Waals surface area contributed by atoms with Crippen LogP contribution in [-0.2, 0) is 0 Å². The van der Waals surface area contributed by atoms with E-state index < -0.39 is 0 Å². The summed E-state index contributed by atoms with van der Waals surface area (Å²) < 4.78 is 6.02. The first-order chi connectivity index (χ1) is 9.31. The van der Waals surface area contributed by atoms with E-state index in [1.807, 2.05) is 0 Å². The molecule has 1 aromatic carbocycles. The topological polar surface area (TPSA) is 21.3 Å². The smallest absolute Gasteiger partial charge is 0.122 e. The standard InChI is InChI=1S/C17H27NO/c1-3-14(2)16-9-4-5-10-17(16)19-13-11-15-8-6-7-12-18-15/h4-5,9-10,14-15,18H,3,6-8,11-13H2,1-2H3/t14-,15-/m1/s1. The molecule has 0 aliphatic carbocycles. The van der Waals surface area contributed by atoms with Gasteiger partial charge in [-0.1, -0.05) is 38.5 Å². The van der Waals surface area contributed by atoms with E-state index in [2.05, 4.69) is 43.4 Å². The van der Waals surface area contributed by atoms with Crippen molar-refractivity contribution < 1.29 is 4.74 Å².